The number of aryl methyl sites for hydroxylation is 2. The van der Waals surface area contributed by atoms with Gasteiger partial charge >= 0.3 is 0 Å². The van der Waals surface area contributed by atoms with Gasteiger partial charge in [0.1, 0.15) is 11.7 Å². The van der Waals surface area contributed by atoms with Gasteiger partial charge < -0.3 is 4.74 Å². The van der Waals surface area contributed by atoms with E-state index in [0.717, 1.165) is 16.9 Å². The van der Waals surface area contributed by atoms with E-state index in [9.17, 15) is 4.79 Å². The van der Waals surface area contributed by atoms with E-state index in [-0.39, 0.29) is 12.2 Å². The van der Waals surface area contributed by atoms with Crippen LogP contribution in [0.3, 0.4) is 0 Å². The van der Waals surface area contributed by atoms with Crippen molar-refractivity contribution in [1.82, 2.24) is 0 Å². The number of rotatable bonds is 4. The molecule has 0 spiro atoms. The molecule has 0 aliphatic carbocycles. The molecular weight excluding hydrogens is 228 g/mol. The SMILES string of the molecule is COc1cc(C)c(C(=O)CC(C#N)C#N)cc1C. The number of ketones is 1. The third-order valence-corrected chi connectivity index (χ3v) is 2.74. The van der Waals surface area contributed by atoms with Crippen molar-refractivity contribution in [2.75, 3.05) is 7.11 Å². The number of Topliss-reactive ketones (excluding diaryl/α,β-unsaturated/α-hetero) is 1. The minimum absolute atomic E-state index is 0.0698. The number of ether oxygens (including phenoxy) is 1. The number of carbonyl (C=O) groups excluding carboxylic acids is 1. The first-order valence-corrected chi connectivity index (χ1v) is 5.51. The molecule has 1 aromatic carbocycles. The molecule has 92 valence electrons. The van der Waals surface area contributed by atoms with Gasteiger partial charge in [0, 0.05) is 12.0 Å². The summed E-state index contributed by atoms with van der Waals surface area (Å²) < 4.78 is 5.17. The van der Waals surface area contributed by atoms with Crippen LogP contribution >= 0.6 is 0 Å². The molecule has 18 heavy (non-hydrogen) atoms. The lowest BCUT2D eigenvalue weighted by atomic mass is 9.95. The normalized spacial score (nSPS) is 9.67. The molecule has 0 aliphatic heterocycles. The first kappa shape index (κ1) is 13.7. The zero-order valence-electron chi connectivity index (χ0n) is 10.7. The van der Waals surface area contributed by atoms with E-state index in [2.05, 4.69) is 0 Å². The zero-order chi connectivity index (χ0) is 13.7. The van der Waals surface area contributed by atoms with Gasteiger partial charge in [-0.15, -0.1) is 0 Å². The van der Waals surface area contributed by atoms with Crippen LogP contribution < -0.4 is 4.74 Å². The van der Waals surface area contributed by atoms with Crippen LogP contribution in [0.2, 0.25) is 0 Å². The van der Waals surface area contributed by atoms with Crippen molar-refractivity contribution in [2.24, 2.45) is 5.92 Å². The summed E-state index contributed by atoms with van der Waals surface area (Å²) in [6.45, 7) is 3.66. The third kappa shape index (κ3) is 2.87. The van der Waals surface area contributed by atoms with Crippen molar-refractivity contribution < 1.29 is 9.53 Å². The second-order valence-electron chi connectivity index (χ2n) is 4.07. The highest BCUT2D eigenvalue weighted by Gasteiger charge is 2.17. The summed E-state index contributed by atoms with van der Waals surface area (Å²) in [5.41, 5.74) is 2.19. The van der Waals surface area contributed by atoms with E-state index < -0.39 is 5.92 Å². The number of nitriles is 2. The van der Waals surface area contributed by atoms with Crippen LogP contribution in [0.5, 0.6) is 5.75 Å². The van der Waals surface area contributed by atoms with Gasteiger partial charge in [-0.3, -0.25) is 4.79 Å². The highest BCUT2D eigenvalue weighted by Crippen LogP contribution is 2.24. The summed E-state index contributed by atoms with van der Waals surface area (Å²) in [5.74, 6) is -0.355. The molecule has 0 fully saturated rings. The van der Waals surface area contributed by atoms with Gasteiger partial charge in [0.2, 0.25) is 0 Å². The Bertz CT molecular complexity index is 536. The molecule has 0 saturated carbocycles. The fraction of sp³-hybridized carbons (Fsp3) is 0.357. The number of benzene rings is 1. The van der Waals surface area contributed by atoms with Gasteiger partial charge in [-0.2, -0.15) is 10.5 Å². The second-order valence-corrected chi connectivity index (χ2v) is 4.07. The molecule has 1 aromatic rings. The summed E-state index contributed by atoms with van der Waals surface area (Å²) >= 11 is 0. The van der Waals surface area contributed by atoms with Crippen LogP contribution in [0.15, 0.2) is 12.1 Å². The Morgan fingerprint density at radius 2 is 1.89 bits per heavy atom. The number of nitrogens with zero attached hydrogens (tertiary/aromatic N) is 2. The van der Waals surface area contributed by atoms with E-state index in [0.29, 0.717) is 5.56 Å². The minimum atomic E-state index is -0.890. The fourth-order valence-corrected chi connectivity index (χ4v) is 1.73. The smallest absolute Gasteiger partial charge is 0.165 e. The molecule has 0 atom stereocenters. The first-order chi connectivity index (χ1) is 8.53. The highest BCUT2D eigenvalue weighted by atomic mass is 16.5. The summed E-state index contributed by atoms with van der Waals surface area (Å²) in [7, 11) is 1.57. The molecule has 0 heterocycles. The number of carbonyl (C=O) groups is 1. The molecule has 0 N–H and O–H groups in total. The molecule has 0 aromatic heterocycles. The van der Waals surface area contributed by atoms with Crippen LogP contribution in [0.1, 0.15) is 27.9 Å². The Morgan fingerprint density at radius 3 is 2.39 bits per heavy atom. The number of hydrogen-bond acceptors (Lipinski definition) is 4. The van der Waals surface area contributed by atoms with Crippen molar-refractivity contribution in [3.63, 3.8) is 0 Å². The fourth-order valence-electron chi connectivity index (χ4n) is 1.73. The Kier molecular flexibility index (Phi) is 4.45. The van der Waals surface area contributed by atoms with Crippen LogP contribution in [0, 0.1) is 42.4 Å². The van der Waals surface area contributed by atoms with Gasteiger partial charge in [0.15, 0.2) is 5.78 Å². The summed E-state index contributed by atoms with van der Waals surface area (Å²) in [6.07, 6.45) is -0.0698. The molecule has 4 nitrogen and oxygen atoms in total. The molecular formula is C14H14N2O2. The lowest BCUT2D eigenvalue weighted by Gasteiger charge is -2.10. The predicted octanol–water partition coefficient (Wildman–Crippen LogP) is 2.55. The average molecular weight is 242 g/mol. The minimum Gasteiger partial charge on any atom is -0.496 e. The van der Waals surface area contributed by atoms with Gasteiger partial charge in [-0.25, -0.2) is 0 Å². The van der Waals surface area contributed by atoms with Crippen molar-refractivity contribution in [1.29, 1.82) is 10.5 Å². The van der Waals surface area contributed by atoms with Crippen molar-refractivity contribution in [3.05, 3.63) is 28.8 Å². The molecule has 0 saturated heterocycles. The van der Waals surface area contributed by atoms with Gasteiger partial charge in [-0.1, -0.05) is 0 Å². The summed E-state index contributed by atoms with van der Waals surface area (Å²) in [6, 6.07) is 7.13. The van der Waals surface area contributed by atoms with Crippen molar-refractivity contribution in [3.8, 4) is 17.9 Å². The highest BCUT2D eigenvalue weighted by molar-refractivity contribution is 5.98. The maximum absolute atomic E-state index is 12.0. The number of hydrogen-bond donors (Lipinski definition) is 0. The van der Waals surface area contributed by atoms with Gasteiger partial charge in [0.05, 0.1) is 19.2 Å². The van der Waals surface area contributed by atoms with Crippen LogP contribution in [0.25, 0.3) is 0 Å². The molecule has 0 bridgehead atoms. The van der Waals surface area contributed by atoms with Crippen LogP contribution in [-0.2, 0) is 0 Å². The summed E-state index contributed by atoms with van der Waals surface area (Å²) in [5, 5.41) is 17.4. The zero-order valence-corrected chi connectivity index (χ0v) is 10.7. The van der Waals surface area contributed by atoms with E-state index in [4.69, 9.17) is 15.3 Å². The Balaban J connectivity index is 3.05. The van der Waals surface area contributed by atoms with Gasteiger partial charge in [-0.05, 0) is 37.1 Å². The van der Waals surface area contributed by atoms with E-state index in [1.807, 2.05) is 13.8 Å². The maximum atomic E-state index is 12.0. The molecule has 0 unspecified atom stereocenters. The van der Waals surface area contributed by atoms with E-state index in [1.54, 1.807) is 31.4 Å². The first-order valence-electron chi connectivity index (χ1n) is 5.51. The van der Waals surface area contributed by atoms with Crippen LogP contribution in [-0.4, -0.2) is 12.9 Å². The second kappa shape index (κ2) is 5.84. The van der Waals surface area contributed by atoms with Gasteiger partial charge in [0.25, 0.3) is 0 Å². The largest absolute Gasteiger partial charge is 0.496 e. The maximum Gasteiger partial charge on any atom is 0.165 e. The molecule has 1 rings (SSSR count). The standard InChI is InChI=1S/C14H14N2O2/c1-9-5-14(18-3)10(2)4-12(9)13(17)6-11(7-15)8-16/h4-5,11H,6H2,1-3H3. The topological polar surface area (TPSA) is 73.9 Å². The van der Waals surface area contributed by atoms with Crippen LogP contribution in [0.4, 0.5) is 0 Å². The molecule has 4 heteroatoms. The molecule has 0 aliphatic rings. The Hall–Kier alpha value is -2.33. The summed E-state index contributed by atoms with van der Waals surface area (Å²) in [4.78, 5) is 12.0. The van der Waals surface area contributed by atoms with Crippen molar-refractivity contribution in [2.45, 2.75) is 20.3 Å². The Labute approximate surface area is 106 Å². The van der Waals surface area contributed by atoms with E-state index in [1.165, 1.54) is 0 Å². The predicted molar refractivity (Wildman–Crippen MR) is 66.1 cm³/mol. The average Bonchev–Trinajstić information content (AvgIpc) is 2.37. The third-order valence-electron chi connectivity index (χ3n) is 2.74. The Morgan fingerprint density at radius 1 is 1.28 bits per heavy atom. The molecule has 0 amide bonds. The lowest BCUT2D eigenvalue weighted by Crippen LogP contribution is -2.08. The quantitative estimate of drug-likeness (QED) is 0.760. The monoisotopic (exact) mass is 242 g/mol. The van der Waals surface area contributed by atoms with E-state index >= 15 is 0 Å². The lowest BCUT2D eigenvalue weighted by molar-refractivity contribution is 0.0976. The van der Waals surface area contributed by atoms with Crippen molar-refractivity contribution >= 4 is 5.78 Å². The number of methoxy groups -OCH3 is 1. The molecule has 0 radical (unpaired) electrons.